The summed E-state index contributed by atoms with van der Waals surface area (Å²) >= 11 is 0. The van der Waals surface area contributed by atoms with Gasteiger partial charge in [-0.3, -0.25) is 24.6 Å². The molecule has 1 aliphatic heterocycles. The number of amides is 1. The van der Waals surface area contributed by atoms with Gasteiger partial charge in [0.25, 0.3) is 5.78 Å². The number of aliphatic carboxylic acids is 1. The standard InChI is InChI=1S/C12H12N2O4/c1-7(12(17)18)13-6-14-9-5-3-2-4-8(9)10(15)11(14)16/h2-5,7,13H,6H2,1H3,(H,17,18). The van der Waals surface area contributed by atoms with Crippen LogP contribution in [0.15, 0.2) is 24.3 Å². The lowest BCUT2D eigenvalue weighted by Crippen LogP contribution is -2.44. The molecule has 0 aliphatic carbocycles. The van der Waals surface area contributed by atoms with Crippen LogP contribution in [0.1, 0.15) is 17.3 Å². The Morgan fingerprint density at radius 3 is 2.72 bits per heavy atom. The monoisotopic (exact) mass is 248 g/mol. The molecular weight excluding hydrogens is 236 g/mol. The molecule has 1 amide bonds. The van der Waals surface area contributed by atoms with Crippen LogP contribution in [-0.4, -0.2) is 35.5 Å². The third-order valence-corrected chi connectivity index (χ3v) is 2.80. The molecule has 0 fully saturated rings. The summed E-state index contributed by atoms with van der Waals surface area (Å²) < 4.78 is 0. The number of fused-ring (bicyclic) bond motifs is 1. The zero-order chi connectivity index (χ0) is 13.3. The molecule has 1 unspecified atom stereocenters. The molecule has 94 valence electrons. The van der Waals surface area contributed by atoms with Crippen molar-refractivity contribution in [2.24, 2.45) is 0 Å². The molecule has 1 aromatic rings. The maximum absolute atomic E-state index is 11.7. The van der Waals surface area contributed by atoms with Crippen molar-refractivity contribution in [1.29, 1.82) is 0 Å². The molecular formula is C12H12N2O4. The van der Waals surface area contributed by atoms with Gasteiger partial charge in [0.1, 0.15) is 6.04 Å². The van der Waals surface area contributed by atoms with E-state index in [0.717, 1.165) is 0 Å². The number of hydrogen-bond donors (Lipinski definition) is 2. The Hall–Kier alpha value is -2.21. The summed E-state index contributed by atoms with van der Waals surface area (Å²) in [5.74, 6) is -2.21. The van der Waals surface area contributed by atoms with Gasteiger partial charge >= 0.3 is 11.9 Å². The largest absolute Gasteiger partial charge is 0.480 e. The number of hydrogen-bond acceptors (Lipinski definition) is 4. The minimum Gasteiger partial charge on any atom is -0.480 e. The molecule has 1 atom stereocenters. The van der Waals surface area contributed by atoms with Gasteiger partial charge in [0.15, 0.2) is 0 Å². The van der Waals surface area contributed by atoms with Gasteiger partial charge < -0.3 is 5.11 Å². The van der Waals surface area contributed by atoms with Gasteiger partial charge in [-0.1, -0.05) is 12.1 Å². The lowest BCUT2D eigenvalue weighted by molar-refractivity contribution is -0.139. The molecule has 18 heavy (non-hydrogen) atoms. The van der Waals surface area contributed by atoms with Gasteiger partial charge in [-0.25, -0.2) is 0 Å². The first-order valence-corrected chi connectivity index (χ1v) is 5.44. The molecule has 0 bridgehead atoms. The van der Waals surface area contributed by atoms with E-state index in [2.05, 4.69) is 5.32 Å². The van der Waals surface area contributed by atoms with E-state index in [9.17, 15) is 14.4 Å². The number of nitrogens with zero attached hydrogens (tertiary/aromatic N) is 1. The highest BCUT2D eigenvalue weighted by Crippen LogP contribution is 2.27. The van der Waals surface area contributed by atoms with Crippen LogP contribution in [0.25, 0.3) is 0 Å². The first-order chi connectivity index (χ1) is 8.52. The van der Waals surface area contributed by atoms with E-state index in [4.69, 9.17) is 5.11 Å². The summed E-state index contributed by atoms with van der Waals surface area (Å²) in [5.41, 5.74) is 0.866. The highest BCUT2D eigenvalue weighted by atomic mass is 16.4. The van der Waals surface area contributed by atoms with Crippen LogP contribution in [0.4, 0.5) is 5.69 Å². The summed E-state index contributed by atoms with van der Waals surface area (Å²) in [5, 5.41) is 11.4. The third-order valence-electron chi connectivity index (χ3n) is 2.80. The Kier molecular flexibility index (Phi) is 3.12. The van der Waals surface area contributed by atoms with Crippen molar-refractivity contribution in [1.82, 2.24) is 5.32 Å². The number of carboxylic acids is 1. The number of benzene rings is 1. The minimum atomic E-state index is -1.01. The normalized spacial score (nSPS) is 15.7. The van der Waals surface area contributed by atoms with Crippen LogP contribution in [0, 0.1) is 0 Å². The molecule has 6 heteroatoms. The molecule has 1 aliphatic rings. The first-order valence-electron chi connectivity index (χ1n) is 5.44. The van der Waals surface area contributed by atoms with E-state index >= 15 is 0 Å². The molecule has 0 spiro atoms. The predicted octanol–water partition coefficient (Wildman–Crippen LogP) is 0.236. The maximum Gasteiger partial charge on any atom is 0.320 e. The number of para-hydroxylation sites is 1. The molecule has 0 saturated heterocycles. The van der Waals surface area contributed by atoms with Gasteiger partial charge in [0, 0.05) is 0 Å². The van der Waals surface area contributed by atoms with Crippen molar-refractivity contribution < 1.29 is 19.5 Å². The van der Waals surface area contributed by atoms with Crippen molar-refractivity contribution in [3.05, 3.63) is 29.8 Å². The third kappa shape index (κ3) is 1.98. The molecule has 0 radical (unpaired) electrons. The van der Waals surface area contributed by atoms with Gasteiger partial charge in [0.2, 0.25) is 0 Å². The quantitative estimate of drug-likeness (QED) is 0.745. The Morgan fingerprint density at radius 2 is 2.06 bits per heavy atom. The average Bonchev–Trinajstić information content (AvgIpc) is 2.60. The fourth-order valence-electron chi connectivity index (χ4n) is 1.72. The van der Waals surface area contributed by atoms with Gasteiger partial charge in [0.05, 0.1) is 17.9 Å². The lowest BCUT2D eigenvalue weighted by atomic mass is 10.1. The van der Waals surface area contributed by atoms with E-state index in [1.54, 1.807) is 24.3 Å². The van der Waals surface area contributed by atoms with Gasteiger partial charge in [-0.2, -0.15) is 0 Å². The van der Waals surface area contributed by atoms with Crippen LogP contribution in [0.5, 0.6) is 0 Å². The summed E-state index contributed by atoms with van der Waals surface area (Å²) in [6, 6.07) is 5.85. The number of carbonyl (C=O) groups excluding carboxylic acids is 2. The van der Waals surface area contributed by atoms with E-state index in [0.29, 0.717) is 11.3 Å². The molecule has 1 heterocycles. The maximum atomic E-state index is 11.7. The fourth-order valence-corrected chi connectivity index (χ4v) is 1.72. The van der Waals surface area contributed by atoms with E-state index < -0.39 is 23.7 Å². The second-order valence-electron chi connectivity index (χ2n) is 4.00. The Balaban J connectivity index is 2.17. The highest BCUT2D eigenvalue weighted by Gasteiger charge is 2.35. The van der Waals surface area contributed by atoms with Crippen molar-refractivity contribution in [2.45, 2.75) is 13.0 Å². The zero-order valence-corrected chi connectivity index (χ0v) is 9.71. The Morgan fingerprint density at radius 1 is 1.39 bits per heavy atom. The number of rotatable bonds is 4. The zero-order valence-electron chi connectivity index (χ0n) is 9.71. The van der Waals surface area contributed by atoms with Crippen molar-refractivity contribution >= 4 is 23.3 Å². The van der Waals surface area contributed by atoms with Crippen molar-refractivity contribution in [2.75, 3.05) is 11.6 Å². The first kappa shape index (κ1) is 12.3. The SMILES string of the molecule is CC(NCN1C(=O)C(=O)c2ccccc21)C(=O)O. The second kappa shape index (κ2) is 4.58. The number of nitrogens with one attached hydrogen (secondary N) is 1. The number of ketones is 1. The fraction of sp³-hybridized carbons (Fsp3) is 0.250. The van der Waals surface area contributed by atoms with Crippen LogP contribution in [0.2, 0.25) is 0 Å². The lowest BCUT2D eigenvalue weighted by Gasteiger charge is -2.18. The second-order valence-corrected chi connectivity index (χ2v) is 4.00. The molecule has 6 nitrogen and oxygen atoms in total. The number of Topliss-reactive ketones (excluding diaryl/α,β-unsaturated/α-hetero) is 1. The smallest absolute Gasteiger partial charge is 0.320 e. The van der Waals surface area contributed by atoms with E-state index in [-0.39, 0.29) is 6.67 Å². The van der Waals surface area contributed by atoms with Gasteiger partial charge in [-0.05, 0) is 19.1 Å². The van der Waals surface area contributed by atoms with Crippen molar-refractivity contribution in [3.63, 3.8) is 0 Å². The van der Waals surface area contributed by atoms with Crippen LogP contribution < -0.4 is 10.2 Å². The van der Waals surface area contributed by atoms with E-state index in [1.807, 2.05) is 0 Å². The molecule has 0 saturated carbocycles. The average molecular weight is 248 g/mol. The predicted molar refractivity (Wildman–Crippen MR) is 63.4 cm³/mol. The van der Waals surface area contributed by atoms with Crippen LogP contribution >= 0.6 is 0 Å². The van der Waals surface area contributed by atoms with Gasteiger partial charge in [-0.15, -0.1) is 0 Å². The summed E-state index contributed by atoms with van der Waals surface area (Å²) in [6.45, 7) is 1.46. The molecule has 2 rings (SSSR count). The number of carbonyl (C=O) groups is 3. The summed E-state index contributed by atoms with van der Waals surface area (Å²) in [4.78, 5) is 35.3. The Labute approximate surface area is 103 Å². The summed E-state index contributed by atoms with van der Waals surface area (Å²) in [7, 11) is 0. The summed E-state index contributed by atoms with van der Waals surface area (Å²) in [6.07, 6.45) is 0. The topological polar surface area (TPSA) is 86.7 Å². The van der Waals surface area contributed by atoms with Crippen molar-refractivity contribution in [3.8, 4) is 0 Å². The highest BCUT2D eigenvalue weighted by molar-refractivity contribution is 6.52. The van der Waals surface area contributed by atoms with Crippen LogP contribution in [-0.2, 0) is 9.59 Å². The Bertz CT molecular complexity index is 527. The van der Waals surface area contributed by atoms with Crippen LogP contribution in [0.3, 0.4) is 0 Å². The number of carboxylic acid groups (broad SMARTS) is 1. The molecule has 2 N–H and O–H groups in total. The number of anilines is 1. The van der Waals surface area contributed by atoms with E-state index in [1.165, 1.54) is 11.8 Å². The molecule has 1 aromatic carbocycles. The minimum absolute atomic E-state index is 0.00491. The molecule has 0 aromatic heterocycles.